The number of rotatable bonds is 2. The molecule has 0 aromatic heterocycles. The molecule has 0 spiro atoms. The van der Waals surface area contributed by atoms with E-state index in [2.05, 4.69) is 0 Å². The summed E-state index contributed by atoms with van der Waals surface area (Å²) < 4.78 is 23.7. The van der Waals surface area contributed by atoms with Crippen LogP contribution in [0.3, 0.4) is 0 Å². The minimum Gasteiger partial charge on any atom is -0.388 e. The molecule has 1 rings (SSSR count). The molecule has 1 aliphatic rings. The second-order valence-corrected chi connectivity index (χ2v) is 6.09. The van der Waals surface area contributed by atoms with Crippen molar-refractivity contribution in [3.8, 4) is 0 Å². The third-order valence-electron chi connectivity index (χ3n) is 2.79. The molecule has 0 bridgehead atoms. The summed E-state index contributed by atoms with van der Waals surface area (Å²) in [6.45, 7) is 4.49. The lowest BCUT2D eigenvalue weighted by Gasteiger charge is -2.26. The third-order valence-corrected chi connectivity index (χ3v) is 4.04. The summed E-state index contributed by atoms with van der Waals surface area (Å²) >= 11 is 0. The monoisotopic (exact) mass is 207 g/mol. The van der Waals surface area contributed by atoms with Crippen LogP contribution < -0.4 is 0 Å². The molecule has 1 saturated heterocycles. The molecule has 78 valence electrons. The van der Waals surface area contributed by atoms with Crippen LogP contribution in [0.25, 0.3) is 0 Å². The van der Waals surface area contributed by atoms with Crippen LogP contribution >= 0.6 is 0 Å². The van der Waals surface area contributed by atoms with Crippen LogP contribution in [0, 0.1) is 5.92 Å². The van der Waals surface area contributed by atoms with Crippen LogP contribution in [0.4, 0.5) is 0 Å². The predicted octanol–water partition coefficient (Wildman–Crippen LogP) is 0.0388. The van der Waals surface area contributed by atoms with E-state index in [4.69, 9.17) is 0 Å². The Labute approximate surface area is 79.6 Å². The molecule has 1 heterocycles. The minimum absolute atomic E-state index is 0.0965. The summed E-state index contributed by atoms with van der Waals surface area (Å²) in [4.78, 5) is 0. The first kappa shape index (κ1) is 10.9. The van der Waals surface area contributed by atoms with Gasteiger partial charge in [0.2, 0.25) is 10.0 Å². The largest absolute Gasteiger partial charge is 0.388 e. The lowest BCUT2D eigenvalue weighted by molar-refractivity contribution is 0.0103. The van der Waals surface area contributed by atoms with E-state index in [1.54, 1.807) is 0 Å². The first-order chi connectivity index (χ1) is 5.76. The Hall–Kier alpha value is -0.130. The lowest BCUT2D eigenvalue weighted by atomic mass is 9.90. The topological polar surface area (TPSA) is 57.6 Å². The third kappa shape index (κ3) is 2.21. The SMILES string of the molecule is CC(C)C1(O)CCN(S(C)(=O)=O)C1. The Morgan fingerprint density at radius 1 is 1.46 bits per heavy atom. The summed E-state index contributed by atoms with van der Waals surface area (Å²) in [5, 5.41) is 10.00. The fourth-order valence-corrected chi connectivity index (χ4v) is 2.42. The predicted molar refractivity (Wildman–Crippen MR) is 50.8 cm³/mol. The molecule has 0 aromatic rings. The van der Waals surface area contributed by atoms with Gasteiger partial charge in [-0.2, -0.15) is 4.31 Å². The van der Waals surface area contributed by atoms with Gasteiger partial charge in [-0.15, -0.1) is 0 Å². The molecular formula is C8H17NO3S. The molecule has 13 heavy (non-hydrogen) atoms. The van der Waals surface area contributed by atoms with Crippen molar-refractivity contribution >= 4 is 10.0 Å². The summed E-state index contributed by atoms with van der Waals surface area (Å²) in [6.07, 6.45) is 1.72. The van der Waals surface area contributed by atoms with E-state index in [0.717, 1.165) is 0 Å². The highest BCUT2D eigenvalue weighted by Gasteiger charge is 2.41. The molecule has 1 atom stereocenters. The Kier molecular flexibility index (Phi) is 2.71. The van der Waals surface area contributed by atoms with E-state index in [9.17, 15) is 13.5 Å². The number of hydrogen-bond acceptors (Lipinski definition) is 3. The molecule has 0 saturated carbocycles. The minimum atomic E-state index is -3.13. The number of β-amino-alcohol motifs (C(OH)–C–C–N with tert-alkyl or cyclic N) is 1. The van der Waals surface area contributed by atoms with Crippen molar-refractivity contribution in [2.75, 3.05) is 19.3 Å². The van der Waals surface area contributed by atoms with Gasteiger partial charge in [0.05, 0.1) is 11.9 Å². The van der Waals surface area contributed by atoms with Crippen molar-refractivity contribution in [1.82, 2.24) is 4.31 Å². The van der Waals surface area contributed by atoms with Gasteiger partial charge in [-0.1, -0.05) is 13.8 Å². The van der Waals surface area contributed by atoms with Gasteiger partial charge in [-0.3, -0.25) is 0 Å². The summed E-state index contributed by atoms with van der Waals surface area (Å²) in [5.41, 5.74) is -0.830. The highest BCUT2D eigenvalue weighted by Crippen LogP contribution is 2.29. The average Bonchev–Trinajstić information content (AvgIpc) is 2.31. The summed E-state index contributed by atoms with van der Waals surface area (Å²) in [7, 11) is -3.13. The molecule has 0 amide bonds. The van der Waals surface area contributed by atoms with E-state index in [-0.39, 0.29) is 12.5 Å². The molecule has 1 fully saturated rings. The van der Waals surface area contributed by atoms with Gasteiger partial charge in [0, 0.05) is 13.1 Å². The van der Waals surface area contributed by atoms with E-state index in [1.807, 2.05) is 13.8 Å². The van der Waals surface area contributed by atoms with E-state index >= 15 is 0 Å². The van der Waals surface area contributed by atoms with Gasteiger partial charge in [-0.05, 0) is 12.3 Å². The summed E-state index contributed by atoms with van der Waals surface area (Å²) in [6, 6.07) is 0. The van der Waals surface area contributed by atoms with Gasteiger partial charge in [0.25, 0.3) is 0 Å². The molecular weight excluding hydrogens is 190 g/mol. The zero-order valence-corrected chi connectivity index (χ0v) is 9.13. The zero-order valence-electron chi connectivity index (χ0n) is 8.32. The van der Waals surface area contributed by atoms with Crippen LogP contribution in [0.1, 0.15) is 20.3 Å². The van der Waals surface area contributed by atoms with E-state index in [0.29, 0.717) is 13.0 Å². The van der Waals surface area contributed by atoms with Crippen molar-refractivity contribution < 1.29 is 13.5 Å². The maximum Gasteiger partial charge on any atom is 0.211 e. The quantitative estimate of drug-likeness (QED) is 0.695. The van der Waals surface area contributed by atoms with E-state index in [1.165, 1.54) is 10.6 Å². The Balaban J connectivity index is 2.75. The van der Waals surface area contributed by atoms with Crippen molar-refractivity contribution in [2.24, 2.45) is 5.92 Å². The van der Waals surface area contributed by atoms with Gasteiger partial charge < -0.3 is 5.11 Å². The van der Waals surface area contributed by atoms with Gasteiger partial charge in [-0.25, -0.2) is 8.42 Å². The van der Waals surface area contributed by atoms with Crippen LogP contribution in [-0.2, 0) is 10.0 Å². The average molecular weight is 207 g/mol. The standard InChI is InChI=1S/C8H17NO3S/c1-7(2)8(10)4-5-9(6-8)13(3,11)12/h7,10H,4-6H2,1-3H3. The number of hydrogen-bond donors (Lipinski definition) is 1. The van der Waals surface area contributed by atoms with Gasteiger partial charge in [0.1, 0.15) is 0 Å². The van der Waals surface area contributed by atoms with Crippen molar-refractivity contribution in [2.45, 2.75) is 25.9 Å². The molecule has 4 nitrogen and oxygen atoms in total. The highest BCUT2D eigenvalue weighted by atomic mass is 32.2. The molecule has 0 aliphatic carbocycles. The second-order valence-electron chi connectivity index (χ2n) is 4.10. The molecule has 0 radical (unpaired) electrons. The summed E-state index contributed by atoms with van der Waals surface area (Å²) in [5.74, 6) is 0.0965. The van der Waals surface area contributed by atoms with E-state index < -0.39 is 15.6 Å². The van der Waals surface area contributed by atoms with Crippen molar-refractivity contribution in [1.29, 1.82) is 0 Å². The number of aliphatic hydroxyl groups is 1. The van der Waals surface area contributed by atoms with Crippen molar-refractivity contribution in [3.05, 3.63) is 0 Å². The van der Waals surface area contributed by atoms with Crippen LogP contribution in [-0.4, -0.2) is 42.8 Å². The molecule has 1 unspecified atom stereocenters. The molecule has 0 aromatic carbocycles. The van der Waals surface area contributed by atoms with Crippen LogP contribution in [0.5, 0.6) is 0 Å². The Bertz CT molecular complexity index is 286. The fourth-order valence-electron chi connectivity index (χ4n) is 1.54. The van der Waals surface area contributed by atoms with Crippen LogP contribution in [0.2, 0.25) is 0 Å². The Morgan fingerprint density at radius 3 is 2.23 bits per heavy atom. The van der Waals surface area contributed by atoms with Crippen molar-refractivity contribution in [3.63, 3.8) is 0 Å². The maximum absolute atomic E-state index is 11.2. The zero-order chi connectivity index (χ0) is 10.3. The molecule has 1 N–H and O–H groups in total. The van der Waals surface area contributed by atoms with Gasteiger partial charge in [0.15, 0.2) is 0 Å². The fraction of sp³-hybridized carbons (Fsp3) is 1.00. The Morgan fingerprint density at radius 2 is 2.00 bits per heavy atom. The van der Waals surface area contributed by atoms with Crippen LogP contribution in [0.15, 0.2) is 0 Å². The smallest absolute Gasteiger partial charge is 0.211 e. The first-order valence-corrected chi connectivity index (χ1v) is 6.28. The normalized spacial score (nSPS) is 31.5. The highest BCUT2D eigenvalue weighted by molar-refractivity contribution is 7.88. The second kappa shape index (κ2) is 3.22. The maximum atomic E-state index is 11.2. The number of nitrogens with zero attached hydrogens (tertiary/aromatic N) is 1. The first-order valence-electron chi connectivity index (χ1n) is 4.43. The number of sulfonamides is 1. The molecule has 5 heteroatoms. The molecule has 1 aliphatic heterocycles. The van der Waals surface area contributed by atoms with Gasteiger partial charge >= 0.3 is 0 Å². The lowest BCUT2D eigenvalue weighted by Crippen LogP contribution is -2.39.